The molecule has 0 aromatic heterocycles. The normalized spacial score (nSPS) is 14.5. The fraction of sp³-hybridized carbons (Fsp3) is 0.0811. The van der Waals surface area contributed by atoms with Crippen LogP contribution in [0, 0.1) is 0 Å². The second-order valence-corrected chi connectivity index (χ2v) is 22.4. The van der Waals surface area contributed by atoms with E-state index in [4.69, 9.17) is 0 Å². The lowest BCUT2D eigenvalue weighted by atomic mass is 9.73. The van der Waals surface area contributed by atoms with E-state index in [0.717, 1.165) is 11.4 Å². The van der Waals surface area contributed by atoms with E-state index in [2.05, 4.69) is 280 Å². The summed E-state index contributed by atoms with van der Waals surface area (Å²) in [6, 6.07) is 92.0. The van der Waals surface area contributed by atoms with E-state index in [-0.39, 0.29) is 10.8 Å². The molecule has 0 fully saturated rings. The lowest BCUT2D eigenvalue weighted by Crippen LogP contribution is -2.30. The predicted molar refractivity (Wildman–Crippen MR) is 325 cm³/mol. The molecule has 2 heterocycles. The van der Waals surface area contributed by atoms with Crippen molar-refractivity contribution >= 4 is 110 Å². The molecule has 14 aromatic carbocycles. The van der Waals surface area contributed by atoms with Crippen LogP contribution in [0.15, 0.2) is 243 Å². The van der Waals surface area contributed by atoms with E-state index in [1.54, 1.807) is 0 Å². The average molecular weight is 969 g/mol. The maximum Gasteiger partial charge on any atom is 0.0502 e. The number of hydrogen-bond donors (Lipinski definition) is 0. The second-order valence-electron chi connectivity index (χ2n) is 22.4. The molecule has 358 valence electrons. The molecular weight excluding hydrogens is 917 g/mol. The molecule has 2 aliphatic rings. The van der Waals surface area contributed by atoms with Gasteiger partial charge in [-0.15, -0.1) is 0 Å². The Morgan fingerprint density at radius 2 is 0.671 bits per heavy atom. The van der Waals surface area contributed by atoms with E-state index in [1.807, 2.05) is 0 Å². The van der Waals surface area contributed by atoms with Crippen LogP contribution in [0.1, 0.15) is 49.9 Å². The van der Waals surface area contributed by atoms with Crippen LogP contribution in [0.4, 0.5) is 34.1 Å². The Morgan fingerprint density at radius 3 is 1.22 bits per heavy atom. The molecule has 0 amide bonds. The van der Waals surface area contributed by atoms with Gasteiger partial charge in [-0.05, 0) is 175 Å². The largest absolute Gasteiger partial charge is 0.310 e. The maximum absolute atomic E-state index is 2.52. The summed E-state index contributed by atoms with van der Waals surface area (Å²) in [5.74, 6) is 0. The summed E-state index contributed by atoms with van der Waals surface area (Å²) < 4.78 is 0. The molecular formula is C74H52N2. The number of para-hydroxylation sites is 4. The van der Waals surface area contributed by atoms with Crippen molar-refractivity contribution in [3.63, 3.8) is 0 Å². The number of nitrogens with zero attached hydrogens (tertiary/aromatic N) is 2. The van der Waals surface area contributed by atoms with Crippen LogP contribution in [-0.4, -0.2) is 0 Å². The molecule has 0 spiro atoms. The Hall–Kier alpha value is -9.24. The standard InChI is InChI=1S/C74H52N2/c1-73(2)61-26-7-11-30-65(61)75(66-31-12-8-27-62(66)73)49-37-39-58-59(43-49)70(48-35-34-45-18-5-6-19-47(45)42-48)57-38-36-50(76-67-32-13-9-28-63(67)74(3,4)64-29-10-14-33-68(64)76)44-60(57)72(58)56-41-40-55-52-23-16-21-46-20-15-22-51(69(46)52)53-24-17-25-54(56)71(53)55/h5-44H,1-4H3. The highest BCUT2D eigenvalue weighted by molar-refractivity contribution is 6.35. The lowest BCUT2D eigenvalue weighted by Gasteiger charge is -2.42. The lowest BCUT2D eigenvalue weighted by molar-refractivity contribution is 0.632. The second kappa shape index (κ2) is 15.6. The Labute approximate surface area is 442 Å². The first-order valence-electron chi connectivity index (χ1n) is 26.8. The minimum Gasteiger partial charge on any atom is -0.310 e. The van der Waals surface area contributed by atoms with Crippen molar-refractivity contribution in [2.75, 3.05) is 9.80 Å². The fourth-order valence-corrected chi connectivity index (χ4v) is 14.2. The molecule has 0 bridgehead atoms. The zero-order chi connectivity index (χ0) is 50.6. The molecule has 0 radical (unpaired) electrons. The van der Waals surface area contributed by atoms with E-state index < -0.39 is 0 Å². The number of benzene rings is 14. The number of fused-ring (bicyclic) bond motifs is 9. The predicted octanol–water partition coefficient (Wildman–Crippen LogP) is 20.7. The number of rotatable bonds is 4. The van der Waals surface area contributed by atoms with Crippen molar-refractivity contribution in [1.82, 2.24) is 0 Å². The topological polar surface area (TPSA) is 6.48 Å². The van der Waals surface area contributed by atoms with Crippen molar-refractivity contribution in [2.24, 2.45) is 0 Å². The van der Waals surface area contributed by atoms with Crippen LogP contribution in [-0.2, 0) is 10.8 Å². The highest BCUT2D eigenvalue weighted by Gasteiger charge is 2.38. The molecule has 16 rings (SSSR count). The Kier molecular flexibility index (Phi) is 8.89. The van der Waals surface area contributed by atoms with Crippen LogP contribution < -0.4 is 9.80 Å². The molecule has 0 saturated carbocycles. The van der Waals surface area contributed by atoms with Crippen LogP contribution in [0.3, 0.4) is 0 Å². The zero-order valence-corrected chi connectivity index (χ0v) is 43.0. The third kappa shape index (κ3) is 5.87. The van der Waals surface area contributed by atoms with Gasteiger partial charge in [0.05, 0.1) is 22.7 Å². The molecule has 0 atom stereocenters. The van der Waals surface area contributed by atoms with Gasteiger partial charge in [0.2, 0.25) is 0 Å². The van der Waals surface area contributed by atoms with Gasteiger partial charge in [0.1, 0.15) is 0 Å². The highest BCUT2D eigenvalue weighted by atomic mass is 15.2. The van der Waals surface area contributed by atoms with Gasteiger partial charge >= 0.3 is 0 Å². The first-order valence-corrected chi connectivity index (χ1v) is 26.8. The van der Waals surface area contributed by atoms with Crippen molar-refractivity contribution < 1.29 is 0 Å². The summed E-state index contributed by atoms with van der Waals surface area (Å²) in [5, 5.41) is 17.7. The van der Waals surface area contributed by atoms with Gasteiger partial charge < -0.3 is 9.80 Å². The summed E-state index contributed by atoms with van der Waals surface area (Å²) in [5.41, 5.74) is 17.0. The third-order valence-electron chi connectivity index (χ3n) is 17.7. The van der Waals surface area contributed by atoms with Crippen LogP contribution >= 0.6 is 0 Å². The van der Waals surface area contributed by atoms with Crippen LogP contribution in [0.2, 0.25) is 0 Å². The maximum atomic E-state index is 2.52. The van der Waals surface area contributed by atoms with Crippen molar-refractivity contribution in [2.45, 2.75) is 38.5 Å². The molecule has 0 aliphatic carbocycles. The van der Waals surface area contributed by atoms with Gasteiger partial charge in [0, 0.05) is 22.2 Å². The Balaban J connectivity index is 1.06. The minimum absolute atomic E-state index is 0.177. The highest BCUT2D eigenvalue weighted by Crippen LogP contribution is 2.56. The average Bonchev–Trinajstić information content (AvgIpc) is 3.48. The first-order chi connectivity index (χ1) is 37.2. The third-order valence-corrected chi connectivity index (χ3v) is 17.7. The van der Waals surface area contributed by atoms with Crippen molar-refractivity contribution in [3.05, 3.63) is 265 Å². The van der Waals surface area contributed by atoms with Gasteiger partial charge in [-0.2, -0.15) is 0 Å². The molecule has 2 nitrogen and oxygen atoms in total. The zero-order valence-electron chi connectivity index (χ0n) is 43.0. The van der Waals surface area contributed by atoms with Gasteiger partial charge in [0.15, 0.2) is 0 Å². The smallest absolute Gasteiger partial charge is 0.0502 e. The van der Waals surface area contributed by atoms with E-state index >= 15 is 0 Å². The van der Waals surface area contributed by atoms with E-state index in [1.165, 1.54) is 143 Å². The molecule has 2 heteroatoms. The molecule has 0 N–H and O–H groups in total. The Morgan fingerprint density at radius 1 is 0.263 bits per heavy atom. The first kappa shape index (κ1) is 43.2. The summed E-state index contributed by atoms with van der Waals surface area (Å²) in [7, 11) is 0. The van der Waals surface area contributed by atoms with Gasteiger partial charge in [-0.25, -0.2) is 0 Å². The molecule has 2 aliphatic heterocycles. The van der Waals surface area contributed by atoms with Gasteiger partial charge in [-0.3, -0.25) is 0 Å². The monoisotopic (exact) mass is 968 g/mol. The molecule has 0 unspecified atom stereocenters. The van der Waals surface area contributed by atoms with Crippen LogP contribution in [0.5, 0.6) is 0 Å². The van der Waals surface area contributed by atoms with E-state index in [9.17, 15) is 0 Å². The molecule has 0 saturated heterocycles. The fourth-order valence-electron chi connectivity index (χ4n) is 14.2. The summed E-state index contributed by atoms with van der Waals surface area (Å²) in [6.07, 6.45) is 0. The van der Waals surface area contributed by atoms with Crippen molar-refractivity contribution in [3.8, 4) is 22.3 Å². The molecule has 14 aromatic rings. The quantitative estimate of drug-likeness (QED) is 0.128. The number of anilines is 6. The van der Waals surface area contributed by atoms with E-state index in [0.29, 0.717) is 0 Å². The summed E-state index contributed by atoms with van der Waals surface area (Å²) in [4.78, 5) is 5.03. The van der Waals surface area contributed by atoms with Gasteiger partial charge in [-0.1, -0.05) is 216 Å². The minimum atomic E-state index is -0.180. The van der Waals surface area contributed by atoms with Crippen molar-refractivity contribution in [1.29, 1.82) is 0 Å². The van der Waals surface area contributed by atoms with Crippen LogP contribution in [0.25, 0.3) is 97.7 Å². The Bertz CT molecular complexity index is 4640. The summed E-state index contributed by atoms with van der Waals surface area (Å²) in [6.45, 7) is 9.48. The number of hydrogen-bond acceptors (Lipinski definition) is 2. The molecule has 76 heavy (non-hydrogen) atoms. The van der Waals surface area contributed by atoms with Gasteiger partial charge in [0.25, 0.3) is 0 Å². The SMILES string of the molecule is CC1(C)c2ccccc2N(c2ccc3c(-c4ccc5c6cccc7cccc(c8cccc4c85)c76)c4cc(N5c6ccccc6C(C)(C)c6ccccc65)ccc4c(-c4ccc5ccccc5c4)c3c2)c2ccccc21. The summed E-state index contributed by atoms with van der Waals surface area (Å²) >= 11 is 0.